The highest BCUT2D eigenvalue weighted by atomic mass is 16.5. The number of ketones is 1. The van der Waals surface area contributed by atoms with Crippen LogP contribution in [0.3, 0.4) is 0 Å². The second-order valence-corrected chi connectivity index (χ2v) is 6.63. The Kier molecular flexibility index (Phi) is 4.56. The van der Waals surface area contributed by atoms with Crippen LogP contribution in [-0.4, -0.2) is 17.9 Å². The van der Waals surface area contributed by atoms with Crippen molar-refractivity contribution in [3.8, 4) is 0 Å². The summed E-state index contributed by atoms with van der Waals surface area (Å²) in [5.41, 5.74) is 3.97. The fourth-order valence-electron chi connectivity index (χ4n) is 3.51. The number of dihydropyridines is 1. The van der Waals surface area contributed by atoms with E-state index in [0.29, 0.717) is 12.0 Å². The van der Waals surface area contributed by atoms with Crippen LogP contribution >= 0.6 is 0 Å². The molecule has 0 spiro atoms. The number of Topliss-reactive ketones (excluding diaryl/α,β-unsaturated/α-hetero) is 1. The molecule has 4 heteroatoms. The molecule has 1 aliphatic heterocycles. The smallest absolute Gasteiger partial charge is 0.337 e. The molecule has 2 aliphatic rings. The molecule has 1 heterocycles. The van der Waals surface area contributed by atoms with E-state index in [-0.39, 0.29) is 23.8 Å². The summed E-state index contributed by atoms with van der Waals surface area (Å²) in [6.07, 6.45) is 2.03. The van der Waals surface area contributed by atoms with Crippen LogP contribution in [0.5, 0.6) is 0 Å². The molecule has 0 aromatic heterocycles. The van der Waals surface area contributed by atoms with Gasteiger partial charge >= 0.3 is 5.97 Å². The van der Waals surface area contributed by atoms with Crippen molar-refractivity contribution in [1.29, 1.82) is 0 Å². The number of hydrogen-bond acceptors (Lipinski definition) is 4. The standard InChI is InChI=1S/C20H23NO3/c1-12(2)24-20(23)17-13(3)21-15-10-7-11-16(22)19(15)18(17)14-8-5-4-6-9-14/h4-6,8-9,12,18,21H,7,10-11H2,1-3H3/t18-/m1/s1. The summed E-state index contributed by atoms with van der Waals surface area (Å²) in [5, 5.41) is 3.29. The minimum absolute atomic E-state index is 0.125. The lowest BCUT2D eigenvalue weighted by molar-refractivity contribution is -0.143. The second-order valence-electron chi connectivity index (χ2n) is 6.63. The molecular weight excluding hydrogens is 302 g/mol. The number of nitrogens with one attached hydrogen (secondary N) is 1. The monoisotopic (exact) mass is 325 g/mol. The minimum atomic E-state index is -0.353. The number of benzene rings is 1. The van der Waals surface area contributed by atoms with Crippen molar-refractivity contribution in [1.82, 2.24) is 5.32 Å². The maximum absolute atomic E-state index is 12.7. The van der Waals surface area contributed by atoms with Gasteiger partial charge in [-0.25, -0.2) is 4.79 Å². The van der Waals surface area contributed by atoms with E-state index in [0.717, 1.165) is 35.4 Å². The molecule has 0 unspecified atom stereocenters. The predicted molar refractivity (Wildman–Crippen MR) is 92.1 cm³/mol. The van der Waals surface area contributed by atoms with Gasteiger partial charge in [-0.15, -0.1) is 0 Å². The first kappa shape index (κ1) is 16.5. The lowest BCUT2D eigenvalue weighted by Crippen LogP contribution is -2.34. The molecule has 4 nitrogen and oxygen atoms in total. The Labute approximate surface area is 142 Å². The molecule has 126 valence electrons. The van der Waals surface area contributed by atoms with Gasteiger partial charge in [0.2, 0.25) is 0 Å². The molecule has 1 atom stereocenters. The Hall–Kier alpha value is -2.36. The first-order valence-corrected chi connectivity index (χ1v) is 8.49. The zero-order valence-corrected chi connectivity index (χ0v) is 14.4. The van der Waals surface area contributed by atoms with Gasteiger partial charge in [0.05, 0.1) is 11.7 Å². The highest BCUT2D eigenvalue weighted by molar-refractivity contribution is 6.03. The van der Waals surface area contributed by atoms with Gasteiger partial charge in [0.15, 0.2) is 5.78 Å². The van der Waals surface area contributed by atoms with Crippen molar-refractivity contribution in [2.75, 3.05) is 0 Å². The largest absolute Gasteiger partial charge is 0.460 e. The van der Waals surface area contributed by atoms with Crippen molar-refractivity contribution < 1.29 is 14.3 Å². The summed E-state index contributed by atoms with van der Waals surface area (Å²) >= 11 is 0. The fraction of sp³-hybridized carbons (Fsp3) is 0.400. The maximum Gasteiger partial charge on any atom is 0.337 e. The predicted octanol–water partition coefficient (Wildman–Crippen LogP) is 3.61. The average Bonchev–Trinajstić information content (AvgIpc) is 2.53. The molecule has 1 aromatic rings. The average molecular weight is 325 g/mol. The SMILES string of the molecule is CC1=C(C(=O)OC(C)C)[C@@H](c2ccccc2)C2=C(CCCC2=O)N1. The lowest BCUT2D eigenvalue weighted by Gasteiger charge is -2.34. The molecular formula is C20H23NO3. The van der Waals surface area contributed by atoms with Gasteiger partial charge in [-0.05, 0) is 39.2 Å². The van der Waals surface area contributed by atoms with Crippen LogP contribution < -0.4 is 5.32 Å². The molecule has 1 N–H and O–H groups in total. The van der Waals surface area contributed by atoms with Crippen LogP contribution in [0.15, 0.2) is 52.9 Å². The molecule has 0 amide bonds. The van der Waals surface area contributed by atoms with E-state index in [2.05, 4.69) is 5.32 Å². The summed E-state index contributed by atoms with van der Waals surface area (Å²) in [4.78, 5) is 25.4. The fourth-order valence-corrected chi connectivity index (χ4v) is 3.51. The Bertz CT molecular complexity index is 729. The highest BCUT2D eigenvalue weighted by Crippen LogP contribution is 2.42. The molecule has 3 rings (SSSR count). The second kappa shape index (κ2) is 6.63. The third kappa shape index (κ3) is 3.01. The Morgan fingerprint density at radius 3 is 2.58 bits per heavy atom. The Morgan fingerprint density at radius 1 is 1.21 bits per heavy atom. The zero-order chi connectivity index (χ0) is 17.3. The van der Waals surface area contributed by atoms with Crippen molar-refractivity contribution in [3.63, 3.8) is 0 Å². The summed E-state index contributed by atoms with van der Waals surface area (Å²) < 4.78 is 5.46. The number of carbonyl (C=O) groups excluding carboxylic acids is 2. The molecule has 0 fully saturated rings. The van der Waals surface area contributed by atoms with Crippen LogP contribution in [0.25, 0.3) is 0 Å². The summed E-state index contributed by atoms with van der Waals surface area (Å²) in [7, 11) is 0. The number of rotatable bonds is 3. The van der Waals surface area contributed by atoms with Crippen molar-refractivity contribution in [2.24, 2.45) is 0 Å². The number of ether oxygens (including phenoxy) is 1. The number of allylic oxidation sites excluding steroid dienone is 3. The van der Waals surface area contributed by atoms with E-state index in [9.17, 15) is 9.59 Å². The Morgan fingerprint density at radius 2 is 1.92 bits per heavy atom. The number of esters is 1. The quantitative estimate of drug-likeness (QED) is 0.863. The Balaban J connectivity index is 2.12. The third-order valence-corrected chi connectivity index (χ3v) is 4.47. The van der Waals surface area contributed by atoms with Crippen molar-refractivity contribution in [3.05, 3.63) is 58.4 Å². The van der Waals surface area contributed by atoms with Gasteiger partial charge in [-0.1, -0.05) is 30.3 Å². The van der Waals surface area contributed by atoms with Gasteiger partial charge in [-0.3, -0.25) is 4.79 Å². The van der Waals surface area contributed by atoms with Crippen LogP contribution in [0, 0.1) is 0 Å². The first-order valence-electron chi connectivity index (χ1n) is 8.49. The molecule has 0 saturated carbocycles. The van der Waals surface area contributed by atoms with Crippen molar-refractivity contribution >= 4 is 11.8 Å². The van der Waals surface area contributed by atoms with Crippen LogP contribution in [0.2, 0.25) is 0 Å². The third-order valence-electron chi connectivity index (χ3n) is 4.47. The van der Waals surface area contributed by atoms with Crippen LogP contribution in [-0.2, 0) is 14.3 Å². The number of hydrogen-bond donors (Lipinski definition) is 1. The molecule has 1 aromatic carbocycles. The van der Waals surface area contributed by atoms with Gasteiger partial charge in [-0.2, -0.15) is 0 Å². The van der Waals surface area contributed by atoms with Crippen molar-refractivity contribution in [2.45, 2.75) is 52.1 Å². The zero-order valence-electron chi connectivity index (χ0n) is 14.4. The normalized spacial score (nSPS) is 20.8. The summed E-state index contributed by atoms with van der Waals surface area (Å²) in [5.74, 6) is -0.574. The van der Waals surface area contributed by atoms with E-state index in [1.807, 2.05) is 51.1 Å². The highest BCUT2D eigenvalue weighted by Gasteiger charge is 2.39. The van der Waals surface area contributed by atoms with E-state index < -0.39 is 0 Å². The summed E-state index contributed by atoms with van der Waals surface area (Å²) in [6.45, 7) is 5.55. The van der Waals surface area contributed by atoms with Crippen LogP contribution in [0.4, 0.5) is 0 Å². The van der Waals surface area contributed by atoms with E-state index >= 15 is 0 Å². The molecule has 24 heavy (non-hydrogen) atoms. The molecule has 0 saturated heterocycles. The molecule has 1 aliphatic carbocycles. The topological polar surface area (TPSA) is 55.4 Å². The van der Waals surface area contributed by atoms with Gasteiger partial charge < -0.3 is 10.1 Å². The lowest BCUT2D eigenvalue weighted by atomic mass is 9.75. The number of carbonyl (C=O) groups is 2. The maximum atomic E-state index is 12.7. The van der Waals surface area contributed by atoms with Gasteiger partial charge in [0.25, 0.3) is 0 Å². The van der Waals surface area contributed by atoms with E-state index in [4.69, 9.17) is 4.74 Å². The molecule has 0 radical (unpaired) electrons. The minimum Gasteiger partial charge on any atom is -0.460 e. The van der Waals surface area contributed by atoms with Crippen LogP contribution in [0.1, 0.15) is 51.5 Å². The molecule has 0 bridgehead atoms. The van der Waals surface area contributed by atoms with Gasteiger partial charge in [0, 0.05) is 29.3 Å². The van der Waals surface area contributed by atoms with E-state index in [1.54, 1.807) is 0 Å². The summed E-state index contributed by atoms with van der Waals surface area (Å²) in [6, 6.07) is 9.75. The van der Waals surface area contributed by atoms with Gasteiger partial charge in [0.1, 0.15) is 0 Å². The van der Waals surface area contributed by atoms with E-state index in [1.165, 1.54) is 0 Å². The first-order chi connectivity index (χ1) is 11.5.